The van der Waals surface area contributed by atoms with Crippen molar-refractivity contribution in [1.82, 2.24) is 10.2 Å². The van der Waals surface area contributed by atoms with E-state index in [0.717, 1.165) is 23.1 Å². The Morgan fingerprint density at radius 2 is 1.66 bits per heavy atom. The fourth-order valence-electron chi connectivity index (χ4n) is 3.37. The lowest BCUT2D eigenvalue weighted by molar-refractivity contribution is -0.142. The Labute approximate surface area is 193 Å². The highest BCUT2D eigenvalue weighted by molar-refractivity contribution is 5.88. The molecule has 0 unspecified atom stereocenters. The van der Waals surface area contributed by atoms with Crippen molar-refractivity contribution in [2.45, 2.75) is 78.9 Å². The van der Waals surface area contributed by atoms with Crippen LogP contribution in [0, 0.1) is 6.92 Å². The Kier molecular flexibility index (Phi) is 8.88. The lowest BCUT2D eigenvalue weighted by Gasteiger charge is -2.30. The Balaban J connectivity index is 2.21. The van der Waals surface area contributed by atoms with Crippen LogP contribution >= 0.6 is 0 Å². The normalized spacial score (nSPS) is 13.2. The third-order valence-corrected chi connectivity index (χ3v) is 5.69. The first-order chi connectivity index (χ1) is 15.0. The first-order valence-electron chi connectivity index (χ1n) is 11.4. The maximum Gasteiger partial charge on any atom is 0.261 e. The van der Waals surface area contributed by atoms with Gasteiger partial charge in [-0.25, -0.2) is 0 Å². The summed E-state index contributed by atoms with van der Waals surface area (Å²) in [5.41, 5.74) is 3.06. The molecule has 1 N–H and O–H groups in total. The molecule has 5 heteroatoms. The Hall–Kier alpha value is -2.82. The van der Waals surface area contributed by atoms with E-state index >= 15 is 0 Å². The van der Waals surface area contributed by atoms with Crippen molar-refractivity contribution in [2.75, 3.05) is 6.61 Å². The molecule has 2 aromatic carbocycles. The lowest BCUT2D eigenvalue weighted by atomic mass is 9.86. The van der Waals surface area contributed by atoms with Crippen LogP contribution in [0.3, 0.4) is 0 Å². The summed E-state index contributed by atoms with van der Waals surface area (Å²) >= 11 is 0. The molecule has 0 fully saturated rings. The highest BCUT2D eigenvalue weighted by atomic mass is 16.5. The minimum Gasteiger partial charge on any atom is -0.483 e. The molecule has 0 bridgehead atoms. The second-order valence-corrected chi connectivity index (χ2v) is 9.54. The fraction of sp³-hybridized carbons (Fsp3) is 0.481. The van der Waals surface area contributed by atoms with Gasteiger partial charge in [0.05, 0.1) is 0 Å². The monoisotopic (exact) mass is 438 g/mol. The second-order valence-electron chi connectivity index (χ2n) is 9.54. The largest absolute Gasteiger partial charge is 0.483 e. The van der Waals surface area contributed by atoms with E-state index in [1.807, 2.05) is 69.3 Å². The van der Waals surface area contributed by atoms with E-state index in [1.54, 1.807) is 11.8 Å². The van der Waals surface area contributed by atoms with E-state index < -0.39 is 6.04 Å². The number of ether oxygens (including phenoxy) is 1. The molecular formula is C27H38N2O3. The van der Waals surface area contributed by atoms with Gasteiger partial charge in [-0.1, -0.05) is 75.7 Å². The number of nitrogens with one attached hydrogen (secondary N) is 1. The van der Waals surface area contributed by atoms with Gasteiger partial charge in [-0.3, -0.25) is 9.59 Å². The molecule has 0 radical (unpaired) electrons. The number of carbonyl (C=O) groups excluding carboxylic acids is 2. The van der Waals surface area contributed by atoms with Crippen LogP contribution < -0.4 is 10.1 Å². The van der Waals surface area contributed by atoms with Gasteiger partial charge in [0.1, 0.15) is 11.8 Å². The van der Waals surface area contributed by atoms with Crippen LogP contribution in [0.15, 0.2) is 48.5 Å². The zero-order chi connectivity index (χ0) is 23.9. The van der Waals surface area contributed by atoms with E-state index in [9.17, 15) is 9.59 Å². The number of amides is 2. The molecule has 2 atom stereocenters. The van der Waals surface area contributed by atoms with Gasteiger partial charge >= 0.3 is 0 Å². The molecule has 2 rings (SSSR count). The van der Waals surface area contributed by atoms with Gasteiger partial charge < -0.3 is 15.0 Å². The minimum atomic E-state index is -0.612. The molecule has 0 aliphatic carbocycles. The smallest absolute Gasteiger partial charge is 0.261 e. The van der Waals surface area contributed by atoms with Crippen molar-refractivity contribution >= 4 is 11.8 Å². The van der Waals surface area contributed by atoms with Crippen molar-refractivity contribution in [1.29, 1.82) is 0 Å². The number of aryl methyl sites for hydroxylation is 1. The van der Waals surface area contributed by atoms with Gasteiger partial charge in [-0.05, 0) is 49.8 Å². The molecule has 0 aliphatic heterocycles. The molecule has 0 spiro atoms. The summed E-state index contributed by atoms with van der Waals surface area (Å²) in [5.74, 6) is 0.316. The minimum absolute atomic E-state index is 0.0520. The number of hydrogen-bond acceptors (Lipinski definition) is 3. The summed E-state index contributed by atoms with van der Waals surface area (Å²) in [6, 6.07) is 15.2. The zero-order valence-corrected chi connectivity index (χ0v) is 20.6. The maximum atomic E-state index is 13.3. The summed E-state index contributed by atoms with van der Waals surface area (Å²) in [7, 11) is 0. The van der Waals surface area contributed by atoms with E-state index in [2.05, 4.69) is 26.1 Å². The van der Waals surface area contributed by atoms with Crippen LogP contribution in [0.25, 0.3) is 0 Å². The summed E-state index contributed by atoms with van der Waals surface area (Å²) in [4.78, 5) is 27.7. The molecule has 5 nitrogen and oxygen atoms in total. The maximum absolute atomic E-state index is 13.3. The predicted octanol–water partition coefficient (Wildman–Crippen LogP) is 5.00. The number of rotatable bonds is 9. The van der Waals surface area contributed by atoms with Crippen molar-refractivity contribution in [2.24, 2.45) is 0 Å². The molecule has 0 saturated heterocycles. The van der Waals surface area contributed by atoms with Crippen molar-refractivity contribution in [3.05, 3.63) is 65.2 Å². The van der Waals surface area contributed by atoms with Gasteiger partial charge in [0.25, 0.3) is 5.91 Å². The molecule has 174 valence electrons. The Morgan fingerprint density at radius 3 is 2.25 bits per heavy atom. The lowest BCUT2D eigenvalue weighted by Crippen LogP contribution is -2.50. The first kappa shape index (κ1) is 25.4. The second kappa shape index (κ2) is 11.2. The highest BCUT2D eigenvalue weighted by Gasteiger charge is 2.28. The quantitative estimate of drug-likeness (QED) is 0.599. The summed E-state index contributed by atoms with van der Waals surface area (Å²) < 4.78 is 5.97. The zero-order valence-electron chi connectivity index (χ0n) is 20.6. The Bertz CT molecular complexity index is 900. The van der Waals surface area contributed by atoms with Gasteiger partial charge in [-0.2, -0.15) is 0 Å². The first-order valence-corrected chi connectivity index (χ1v) is 11.4. The standard InChI is InChI=1S/C27H38N2O3/c1-8-20(3)28-26(31)21(4)29(17-22-15-13-19(2)14-16-22)25(30)18-32-24-12-10-9-11-23(24)27(5,6)7/h9-16,20-21H,8,17-18H2,1-7H3,(H,28,31)/t20-,21-/m1/s1. The Morgan fingerprint density at radius 1 is 1.03 bits per heavy atom. The van der Waals surface area contributed by atoms with Crippen LogP contribution in [0.2, 0.25) is 0 Å². The van der Waals surface area contributed by atoms with Crippen LogP contribution in [-0.2, 0) is 21.5 Å². The molecular weight excluding hydrogens is 400 g/mol. The van der Waals surface area contributed by atoms with Crippen LogP contribution in [-0.4, -0.2) is 35.4 Å². The number of carbonyl (C=O) groups is 2. The SMILES string of the molecule is CC[C@@H](C)NC(=O)[C@@H](C)N(Cc1ccc(C)cc1)C(=O)COc1ccccc1C(C)(C)C. The fourth-order valence-corrected chi connectivity index (χ4v) is 3.37. The molecule has 0 heterocycles. The van der Waals surface area contributed by atoms with Crippen LogP contribution in [0.4, 0.5) is 0 Å². The average molecular weight is 439 g/mol. The van der Waals surface area contributed by atoms with Crippen molar-refractivity contribution < 1.29 is 14.3 Å². The molecule has 0 saturated carbocycles. The van der Waals surface area contributed by atoms with E-state index in [1.165, 1.54) is 0 Å². The predicted molar refractivity (Wildman–Crippen MR) is 130 cm³/mol. The third-order valence-electron chi connectivity index (χ3n) is 5.69. The summed E-state index contributed by atoms with van der Waals surface area (Å²) in [6.07, 6.45) is 0.830. The summed E-state index contributed by atoms with van der Waals surface area (Å²) in [5, 5.41) is 2.99. The van der Waals surface area contributed by atoms with Crippen LogP contribution in [0.1, 0.15) is 64.7 Å². The van der Waals surface area contributed by atoms with E-state index in [-0.39, 0.29) is 29.9 Å². The van der Waals surface area contributed by atoms with Gasteiger partial charge in [-0.15, -0.1) is 0 Å². The molecule has 2 amide bonds. The highest BCUT2D eigenvalue weighted by Crippen LogP contribution is 2.31. The van der Waals surface area contributed by atoms with Crippen LogP contribution in [0.5, 0.6) is 5.75 Å². The van der Waals surface area contributed by atoms with Gasteiger partial charge in [0.15, 0.2) is 6.61 Å². The number of para-hydroxylation sites is 1. The topological polar surface area (TPSA) is 58.6 Å². The number of nitrogens with zero attached hydrogens (tertiary/aromatic N) is 1. The van der Waals surface area contributed by atoms with Gasteiger partial charge in [0, 0.05) is 12.6 Å². The van der Waals surface area contributed by atoms with E-state index in [0.29, 0.717) is 12.3 Å². The number of hydrogen-bond donors (Lipinski definition) is 1. The van der Waals surface area contributed by atoms with Crippen molar-refractivity contribution in [3.8, 4) is 5.75 Å². The molecule has 0 aliphatic rings. The van der Waals surface area contributed by atoms with E-state index in [4.69, 9.17) is 4.74 Å². The molecule has 0 aromatic heterocycles. The average Bonchev–Trinajstić information content (AvgIpc) is 2.76. The number of benzene rings is 2. The molecule has 32 heavy (non-hydrogen) atoms. The summed E-state index contributed by atoms with van der Waals surface area (Å²) in [6.45, 7) is 14.3. The third kappa shape index (κ3) is 7.11. The van der Waals surface area contributed by atoms with Crippen molar-refractivity contribution in [3.63, 3.8) is 0 Å². The van der Waals surface area contributed by atoms with Gasteiger partial charge in [0.2, 0.25) is 5.91 Å². The molecule has 2 aromatic rings.